The van der Waals surface area contributed by atoms with E-state index < -0.39 is 24.0 Å². The summed E-state index contributed by atoms with van der Waals surface area (Å²) in [6, 6.07) is 5.85. The first-order chi connectivity index (χ1) is 12.8. The van der Waals surface area contributed by atoms with Crippen LogP contribution in [0.15, 0.2) is 39.0 Å². The Morgan fingerprint density at radius 3 is 2.48 bits per heavy atom. The van der Waals surface area contributed by atoms with Crippen molar-refractivity contribution in [2.24, 2.45) is 14.1 Å². The van der Waals surface area contributed by atoms with Crippen LogP contribution in [0, 0.1) is 5.82 Å². The van der Waals surface area contributed by atoms with E-state index >= 15 is 0 Å². The van der Waals surface area contributed by atoms with Gasteiger partial charge in [0.15, 0.2) is 16.3 Å². The second kappa shape index (κ2) is 7.67. The van der Waals surface area contributed by atoms with Crippen LogP contribution in [0.3, 0.4) is 0 Å². The Hall–Kier alpha value is -2.43. The van der Waals surface area contributed by atoms with E-state index in [0.29, 0.717) is 5.16 Å². The molecule has 3 rings (SSSR count). The van der Waals surface area contributed by atoms with E-state index in [1.807, 2.05) is 0 Å². The van der Waals surface area contributed by atoms with Crippen molar-refractivity contribution in [1.82, 2.24) is 18.7 Å². The summed E-state index contributed by atoms with van der Waals surface area (Å²) in [6.07, 6.45) is -0.944. The summed E-state index contributed by atoms with van der Waals surface area (Å²) < 4.78 is 17.1. The van der Waals surface area contributed by atoms with Crippen LogP contribution in [-0.4, -0.2) is 47.4 Å². The van der Waals surface area contributed by atoms with Crippen LogP contribution in [0.4, 0.5) is 4.39 Å². The number of aliphatic hydroxyl groups is 2. The van der Waals surface area contributed by atoms with Crippen molar-refractivity contribution < 1.29 is 14.6 Å². The number of rotatable bonds is 6. The highest BCUT2D eigenvalue weighted by atomic mass is 32.2. The van der Waals surface area contributed by atoms with E-state index in [1.54, 1.807) is 16.7 Å². The van der Waals surface area contributed by atoms with Crippen molar-refractivity contribution in [1.29, 1.82) is 0 Å². The largest absolute Gasteiger partial charge is 0.394 e. The highest BCUT2D eigenvalue weighted by Gasteiger charge is 2.20. The first-order valence-corrected chi connectivity index (χ1v) is 9.14. The lowest BCUT2D eigenvalue weighted by Gasteiger charge is -2.11. The molecule has 27 heavy (non-hydrogen) atoms. The molecule has 3 aromatic rings. The number of hydrogen-bond donors (Lipinski definition) is 2. The summed E-state index contributed by atoms with van der Waals surface area (Å²) >= 11 is 1.16. The van der Waals surface area contributed by atoms with Gasteiger partial charge >= 0.3 is 5.69 Å². The molecule has 2 N–H and O–H groups in total. The number of hydrogen-bond acceptors (Lipinski definition) is 6. The number of nitrogens with zero attached hydrogens (tertiary/aromatic N) is 4. The number of aliphatic hydroxyl groups excluding tert-OH is 2. The summed E-state index contributed by atoms with van der Waals surface area (Å²) in [5, 5.41) is 19.1. The van der Waals surface area contributed by atoms with Crippen LogP contribution in [0.5, 0.6) is 0 Å². The standard InChI is InChI=1S/C17H19FN4O4S/c1-20-14-13(15(25)21(2)17(20)26)22(7-10-3-5-11(18)6-4-10)16(19-14)27-9-12(24)8-23/h3-6,12,23-24H,7-9H2,1-2H3. The van der Waals surface area contributed by atoms with Gasteiger partial charge in [0, 0.05) is 19.8 Å². The van der Waals surface area contributed by atoms with Gasteiger partial charge in [-0.3, -0.25) is 13.9 Å². The molecule has 2 aromatic heterocycles. The number of imidazole rings is 1. The van der Waals surface area contributed by atoms with Gasteiger partial charge in [0.1, 0.15) is 5.82 Å². The molecule has 0 spiro atoms. The van der Waals surface area contributed by atoms with Gasteiger partial charge in [0.25, 0.3) is 5.56 Å². The lowest BCUT2D eigenvalue weighted by Crippen LogP contribution is -2.37. The van der Waals surface area contributed by atoms with Crippen molar-refractivity contribution >= 4 is 22.9 Å². The summed E-state index contributed by atoms with van der Waals surface area (Å²) in [5.41, 5.74) is 0.232. The zero-order chi connectivity index (χ0) is 19.7. The van der Waals surface area contributed by atoms with Gasteiger partial charge in [-0.15, -0.1) is 0 Å². The van der Waals surface area contributed by atoms with E-state index in [1.165, 1.54) is 30.8 Å². The lowest BCUT2D eigenvalue weighted by atomic mass is 10.2. The van der Waals surface area contributed by atoms with E-state index in [9.17, 15) is 19.1 Å². The number of fused-ring (bicyclic) bond motifs is 1. The lowest BCUT2D eigenvalue weighted by molar-refractivity contribution is 0.113. The van der Waals surface area contributed by atoms with Crippen molar-refractivity contribution in [3.8, 4) is 0 Å². The van der Waals surface area contributed by atoms with Crippen LogP contribution in [0.1, 0.15) is 5.56 Å². The Bertz CT molecular complexity index is 1090. The molecular weight excluding hydrogens is 375 g/mol. The summed E-state index contributed by atoms with van der Waals surface area (Å²) in [6.45, 7) is -0.160. The molecule has 0 amide bonds. The number of aromatic nitrogens is 4. The topological polar surface area (TPSA) is 102 Å². The van der Waals surface area contributed by atoms with E-state index in [-0.39, 0.29) is 29.3 Å². The third-order valence-corrected chi connectivity index (χ3v) is 5.30. The van der Waals surface area contributed by atoms with Gasteiger partial charge in [0.2, 0.25) is 0 Å². The first-order valence-electron chi connectivity index (χ1n) is 8.16. The third kappa shape index (κ3) is 3.68. The van der Waals surface area contributed by atoms with Gasteiger partial charge in [-0.05, 0) is 17.7 Å². The van der Waals surface area contributed by atoms with Crippen LogP contribution in [0.2, 0.25) is 0 Å². The van der Waals surface area contributed by atoms with Gasteiger partial charge in [-0.1, -0.05) is 23.9 Å². The van der Waals surface area contributed by atoms with E-state index in [0.717, 1.165) is 21.9 Å². The molecule has 1 unspecified atom stereocenters. The average molecular weight is 394 g/mol. The Kier molecular flexibility index (Phi) is 5.49. The molecule has 144 valence electrons. The molecule has 0 aliphatic carbocycles. The van der Waals surface area contributed by atoms with Crippen LogP contribution in [0.25, 0.3) is 11.2 Å². The average Bonchev–Trinajstić information content (AvgIpc) is 3.02. The second-order valence-corrected chi connectivity index (χ2v) is 7.12. The minimum Gasteiger partial charge on any atom is -0.394 e. The van der Waals surface area contributed by atoms with Crippen molar-refractivity contribution in [3.63, 3.8) is 0 Å². The van der Waals surface area contributed by atoms with Crippen molar-refractivity contribution in [3.05, 3.63) is 56.5 Å². The molecule has 1 atom stereocenters. The molecule has 8 nitrogen and oxygen atoms in total. The van der Waals surface area contributed by atoms with Crippen molar-refractivity contribution in [2.75, 3.05) is 12.4 Å². The molecule has 0 aliphatic rings. The minimum atomic E-state index is -0.944. The maximum absolute atomic E-state index is 13.2. The quantitative estimate of drug-likeness (QED) is 0.574. The normalized spacial score (nSPS) is 12.6. The number of halogens is 1. The molecule has 1 aromatic carbocycles. The molecule has 10 heteroatoms. The summed E-state index contributed by atoms with van der Waals surface area (Å²) in [7, 11) is 2.91. The number of aryl methyl sites for hydroxylation is 1. The third-order valence-electron chi connectivity index (χ3n) is 4.18. The minimum absolute atomic E-state index is 0.164. The number of benzene rings is 1. The second-order valence-electron chi connectivity index (χ2n) is 6.13. The van der Waals surface area contributed by atoms with Gasteiger partial charge in [0.05, 0.1) is 19.3 Å². The Morgan fingerprint density at radius 2 is 1.85 bits per heavy atom. The molecule has 2 heterocycles. The molecule has 0 saturated heterocycles. The molecule has 0 saturated carbocycles. The van der Waals surface area contributed by atoms with Crippen LogP contribution < -0.4 is 11.2 Å². The Labute approximate surface area is 157 Å². The zero-order valence-corrected chi connectivity index (χ0v) is 15.6. The molecule has 0 aliphatic heterocycles. The maximum Gasteiger partial charge on any atom is 0.332 e. The zero-order valence-electron chi connectivity index (χ0n) is 14.8. The summed E-state index contributed by atoms with van der Waals surface area (Å²) in [5.74, 6) is -0.203. The molecular formula is C17H19FN4O4S. The SMILES string of the molecule is Cn1c(=O)c2c(nc(SCC(O)CO)n2Cc2ccc(F)cc2)n(C)c1=O. The monoisotopic (exact) mass is 394 g/mol. The fourth-order valence-electron chi connectivity index (χ4n) is 2.68. The fourth-order valence-corrected chi connectivity index (χ4v) is 3.59. The predicted molar refractivity (Wildman–Crippen MR) is 99.5 cm³/mol. The molecule has 0 fully saturated rings. The highest BCUT2D eigenvalue weighted by Crippen LogP contribution is 2.23. The van der Waals surface area contributed by atoms with Crippen LogP contribution >= 0.6 is 11.8 Å². The number of thioether (sulfide) groups is 1. The van der Waals surface area contributed by atoms with Gasteiger partial charge in [-0.2, -0.15) is 0 Å². The molecule has 0 radical (unpaired) electrons. The van der Waals surface area contributed by atoms with E-state index in [4.69, 9.17) is 5.11 Å². The molecule has 0 bridgehead atoms. The van der Waals surface area contributed by atoms with E-state index in [2.05, 4.69) is 4.98 Å². The summed E-state index contributed by atoms with van der Waals surface area (Å²) in [4.78, 5) is 29.3. The Morgan fingerprint density at radius 1 is 1.19 bits per heavy atom. The first kappa shape index (κ1) is 19.3. The van der Waals surface area contributed by atoms with Crippen molar-refractivity contribution in [2.45, 2.75) is 17.8 Å². The van der Waals surface area contributed by atoms with Crippen LogP contribution in [-0.2, 0) is 20.6 Å². The Balaban J connectivity index is 2.18. The highest BCUT2D eigenvalue weighted by molar-refractivity contribution is 7.99. The predicted octanol–water partition coefficient (Wildman–Crippen LogP) is 0.0664. The maximum atomic E-state index is 13.2. The van der Waals surface area contributed by atoms with Gasteiger partial charge in [-0.25, -0.2) is 14.2 Å². The smallest absolute Gasteiger partial charge is 0.332 e. The fraction of sp³-hybridized carbons (Fsp3) is 0.353. The van der Waals surface area contributed by atoms with Gasteiger partial charge < -0.3 is 14.8 Å².